The number of carbonyl (C=O) groups is 2. The minimum atomic E-state index is -0.452. The number of carbonyl (C=O) groups excluding carboxylic acids is 2. The summed E-state index contributed by atoms with van der Waals surface area (Å²) in [4.78, 5) is 38.7. The quantitative estimate of drug-likeness (QED) is 0.617. The van der Waals surface area contributed by atoms with Crippen LogP contribution in [0.2, 0.25) is 0 Å². The molecule has 0 aromatic heterocycles. The first-order valence-electron chi connectivity index (χ1n) is 8.84. The molecule has 2 aliphatic rings. The van der Waals surface area contributed by atoms with Gasteiger partial charge in [0.15, 0.2) is 0 Å². The topological polar surface area (TPSA) is 83.8 Å². The molecule has 0 bridgehead atoms. The smallest absolute Gasteiger partial charge is 0.269 e. The Labute approximate surface area is 146 Å². The van der Waals surface area contributed by atoms with Gasteiger partial charge in [-0.15, -0.1) is 0 Å². The Hall–Kier alpha value is -2.44. The van der Waals surface area contributed by atoms with Crippen molar-refractivity contribution in [3.8, 4) is 0 Å². The highest BCUT2D eigenvalue weighted by Gasteiger charge is 2.30. The summed E-state index contributed by atoms with van der Waals surface area (Å²) in [5.74, 6) is 0.434. The number of hydrogen-bond acceptors (Lipinski definition) is 4. The van der Waals surface area contributed by atoms with Gasteiger partial charge in [0, 0.05) is 44.2 Å². The summed E-state index contributed by atoms with van der Waals surface area (Å²) in [6.07, 6.45) is 4.51. The van der Waals surface area contributed by atoms with Gasteiger partial charge in [-0.05, 0) is 18.4 Å². The average Bonchev–Trinajstić information content (AvgIpc) is 3.16. The lowest BCUT2D eigenvalue weighted by Gasteiger charge is -2.36. The Bertz CT molecular complexity index is 645. The lowest BCUT2D eigenvalue weighted by atomic mass is 10.1. The second-order valence-electron chi connectivity index (χ2n) is 6.79. The van der Waals surface area contributed by atoms with Gasteiger partial charge in [-0.1, -0.05) is 25.0 Å². The van der Waals surface area contributed by atoms with E-state index in [1.807, 2.05) is 4.90 Å². The van der Waals surface area contributed by atoms with E-state index in [0.29, 0.717) is 26.2 Å². The molecular weight excluding hydrogens is 322 g/mol. The van der Waals surface area contributed by atoms with Crippen LogP contribution < -0.4 is 0 Å². The third-order valence-corrected chi connectivity index (χ3v) is 5.15. The number of rotatable bonds is 4. The highest BCUT2D eigenvalue weighted by Crippen LogP contribution is 2.27. The first-order valence-corrected chi connectivity index (χ1v) is 8.84. The van der Waals surface area contributed by atoms with Crippen molar-refractivity contribution in [2.24, 2.45) is 5.92 Å². The number of benzene rings is 1. The molecule has 2 amide bonds. The Morgan fingerprint density at radius 3 is 2.12 bits per heavy atom. The number of hydrogen-bond donors (Lipinski definition) is 0. The molecule has 0 atom stereocenters. The predicted octanol–water partition coefficient (Wildman–Crippen LogP) is 2.00. The van der Waals surface area contributed by atoms with Crippen LogP contribution in [0.15, 0.2) is 24.3 Å². The maximum absolute atomic E-state index is 12.4. The first kappa shape index (κ1) is 17.4. The van der Waals surface area contributed by atoms with Crippen LogP contribution in [0.3, 0.4) is 0 Å². The van der Waals surface area contributed by atoms with E-state index in [0.717, 1.165) is 31.2 Å². The van der Waals surface area contributed by atoms with Crippen LogP contribution in [0.5, 0.6) is 0 Å². The Morgan fingerprint density at radius 2 is 1.56 bits per heavy atom. The molecule has 7 heteroatoms. The summed E-state index contributed by atoms with van der Waals surface area (Å²) >= 11 is 0. The van der Waals surface area contributed by atoms with Crippen LogP contribution in [-0.2, 0) is 16.0 Å². The highest BCUT2D eigenvalue weighted by molar-refractivity contribution is 5.81. The van der Waals surface area contributed by atoms with Crippen LogP contribution >= 0.6 is 0 Å². The van der Waals surface area contributed by atoms with E-state index in [4.69, 9.17) is 0 Å². The molecule has 25 heavy (non-hydrogen) atoms. The van der Waals surface area contributed by atoms with Gasteiger partial charge >= 0.3 is 0 Å². The lowest BCUT2D eigenvalue weighted by molar-refractivity contribution is -0.384. The minimum absolute atomic E-state index is 0.00168. The zero-order chi connectivity index (χ0) is 17.8. The van der Waals surface area contributed by atoms with Crippen molar-refractivity contribution in [2.45, 2.75) is 32.1 Å². The molecule has 2 fully saturated rings. The number of nitro groups is 1. The fourth-order valence-corrected chi connectivity index (χ4v) is 3.63. The molecule has 1 aromatic rings. The van der Waals surface area contributed by atoms with Crippen LogP contribution in [-0.4, -0.2) is 52.7 Å². The van der Waals surface area contributed by atoms with Gasteiger partial charge in [0.2, 0.25) is 11.8 Å². The minimum Gasteiger partial charge on any atom is -0.339 e. The van der Waals surface area contributed by atoms with Gasteiger partial charge in [0.05, 0.1) is 11.3 Å². The van der Waals surface area contributed by atoms with E-state index >= 15 is 0 Å². The van der Waals surface area contributed by atoms with Crippen LogP contribution in [0.25, 0.3) is 0 Å². The monoisotopic (exact) mass is 345 g/mol. The summed E-state index contributed by atoms with van der Waals surface area (Å²) in [5.41, 5.74) is 0.787. The van der Waals surface area contributed by atoms with Crippen molar-refractivity contribution >= 4 is 17.5 Å². The molecule has 134 valence electrons. The zero-order valence-corrected chi connectivity index (χ0v) is 14.2. The molecule has 1 aliphatic heterocycles. The second kappa shape index (κ2) is 7.63. The van der Waals surface area contributed by atoms with Gasteiger partial charge in [0.25, 0.3) is 5.69 Å². The molecular formula is C18H23N3O4. The van der Waals surface area contributed by atoms with Crippen LogP contribution in [0.1, 0.15) is 31.2 Å². The maximum Gasteiger partial charge on any atom is 0.269 e. The third kappa shape index (κ3) is 4.15. The molecule has 1 aliphatic carbocycles. The Kier molecular flexibility index (Phi) is 5.31. The predicted molar refractivity (Wildman–Crippen MR) is 91.9 cm³/mol. The number of amides is 2. The molecule has 1 saturated carbocycles. The van der Waals surface area contributed by atoms with Crippen molar-refractivity contribution in [2.75, 3.05) is 26.2 Å². The molecule has 0 unspecified atom stereocenters. The van der Waals surface area contributed by atoms with Gasteiger partial charge in [-0.3, -0.25) is 19.7 Å². The number of nitro benzene ring substituents is 1. The largest absolute Gasteiger partial charge is 0.339 e. The van der Waals surface area contributed by atoms with Gasteiger partial charge in [-0.25, -0.2) is 0 Å². The van der Waals surface area contributed by atoms with E-state index in [1.165, 1.54) is 12.1 Å². The average molecular weight is 345 g/mol. The van der Waals surface area contributed by atoms with Gasteiger partial charge in [-0.2, -0.15) is 0 Å². The molecule has 7 nitrogen and oxygen atoms in total. The third-order valence-electron chi connectivity index (χ3n) is 5.15. The first-order chi connectivity index (χ1) is 12.0. The SMILES string of the molecule is O=C(Cc1ccc([N+](=O)[O-])cc1)N1CCN(C(=O)C2CCCC2)CC1. The zero-order valence-electron chi connectivity index (χ0n) is 14.2. The molecule has 0 N–H and O–H groups in total. The van der Waals surface area contributed by atoms with E-state index in [1.54, 1.807) is 17.0 Å². The number of piperazine rings is 1. The fourth-order valence-electron chi connectivity index (χ4n) is 3.63. The van der Waals surface area contributed by atoms with E-state index in [-0.39, 0.29) is 29.8 Å². The van der Waals surface area contributed by atoms with Crippen molar-refractivity contribution in [1.82, 2.24) is 9.80 Å². The maximum atomic E-state index is 12.4. The molecule has 1 heterocycles. The summed E-state index contributed by atoms with van der Waals surface area (Å²) in [6.45, 7) is 2.32. The summed E-state index contributed by atoms with van der Waals surface area (Å²) in [5, 5.41) is 10.7. The Morgan fingerprint density at radius 1 is 1.00 bits per heavy atom. The molecule has 0 spiro atoms. The molecule has 0 radical (unpaired) electrons. The van der Waals surface area contributed by atoms with Crippen LogP contribution in [0.4, 0.5) is 5.69 Å². The summed E-state index contributed by atoms with van der Waals surface area (Å²) in [7, 11) is 0. The second-order valence-corrected chi connectivity index (χ2v) is 6.79. The van der Waals surface area contributed by atoms with E-state index < -0.39 is 4.92 Å². The van der Waals surface area contributed by atoms with Crippen molar-refractivity contribution in [1.29, 1.82) is 0 Å². The highest BCUT2D eigenvalue weighted by atomic mass is 16.6. The van der Waals surface area contributed by atoms with Gasteiger partial charge < -0.3 is 9.80 Å². The number of nitrogens with zero attached hydrogens (tertiary/aromatic N) is 3. The molecule has 3 rings (SSSR count). The van der Waals surface area contributed by atoms with Gasteiger partial charge in [0.1, 0.15) is 0 Å². The summed E-state index contributed by atoms with van der Waals surface area (Å²) < 4.78 is 0. The fraction of sp³-hybridized carbons (Fsp3) is 0.556. The van der Waals surface area contributed by atoms with Crippen molar-refractivity contribution < 1.29 is 14.5 Å². The lowest BCUT2D eigenvalue weighted by Crippen LogP contribution is -2.52. The molecule has 1 aromatic carbocycles. The van der Waals surface area contributed by atoms with Crippen LogP contribution in [0, 0.1) is 16.0 Å². The van der Waals surface area contributed by atoms with Crippen molar-refractivity contribution in [3.63, 3.8) is 0 Å². The molecule has 1 saturated heterocycles. The number of non-ortho nitro benzene ring substituents is 1. The van der Waals surface area contributed by atoms with E-state index in [2.05, 4.69) is 0 Å². The Balaban J connectivity index is 1.49. The summed E-state index contributed by atoms with van der Waals surface area (Å²) in [6, 6.07) is 6.08. The van der Waals surface area contributed by atoms with Crippen molar-refractivity contribution in [3.05, 3.63) is 39.9 Å². The standard InChI is InChI=1S/C18H23N3O4/c22-17(13-14-5-7-16(8-6-14)21(24)25)19-9-11-20(12-10-19)18(23)15-3-1-2-4-15/h5-8,15H,1-4,9-13H2. The normalized spacial score (nSPS) is 18.4. The van der Waals surface area contributed by atoms with E-state index in [9.17, 15) is 19.7 Å².